The Kier molecular flexibility index (Phi) is 4.16. The number of rotatable bonds is 2. The van der Waals surface area contributed by atoms with E-state index in [-0.39, 0.29) is 5.56 Å². The maximum absolute atomic E-state index is 13.4. The first kappa shape index (κ1) is 14.0. The van der Waals surface area contributed by atoms with Gasteiger partial charge in [0.15, 0.2) is 5.82 Å². The molecule has 3 N–H and O–H groups in total. The van der Waals surface area contributed by atoms with Crippen LogP contribution in [-0.4, -0.2) is 10.9 Å². The maximum atomic E-state index is 13.4. The van der Waals surface area contributed by atoms with E-state index in [2.05, 4.69) is 42.2 Å². The van der Waals surface area contributed by atoms with E-state index in [1.54, 1.807) is 12.1 Å². The van der Waals surface area contributed by atoms with E-state index in [1.165, 1.54) is 12.3 Å². The van der Waals surface area contributed by atoms with Gasteiger partial charge in [0.1, 0.15) is 0 Å². The SMILES string of the molecule is Nc1cc(Br)cc(Br)c1NC(=O)c1ccncc1F. The Morgan fingerprint density at radius 3 is 2.74 bits per heavy atom. The van der Waals surface area contributed by atoms with Gasteiger partial charge in [-0.15, -0.1) is 0 Å². The number of anilines is 2. The lowest BCUT2D eigenvalue weighted by Gasteiger charge is -2.11. The minimum Gasteiger partial charge on any atom is -0.397 e. The number of aromatic nitrogens is 1. The molecule has 1 aromatic heterocycles. The smallest absolute Gasteiger partial charge is 0.258 e. The summed E-state index contributed by atoms with van der Waals surface area (Å²) in [6.07, 6.45) is 2.33. The van der Waals surface area contributed by atoms with E-state index < -0.39 is 11.7 Å². The zero-order chi connectivity index (χ0) is 14.0. The van der Waals surface area contributed by atoms with Crippen molar-refractivity contribution in [1.82, 2.24) is 4.98 Å². The number of benzene rings is 1. The molecule has 0 bridgehead atoms. The molecular weight excluding hydrogens is 381 g/mol. The van der Waals surface area contributed by atoms with Crippen LogP contribution in [0, 0.1) is 5.82 Å². The third kappa shape index (κ3) is 3.10. The summed E-state index contributed by atoms with van der Waals surface area (Å²) in [6, 6.07) is 4.67. The van der Waals surface area contributed by atoms with Crippen molar-refractivity contribution < 1.29 is 9.18 Å². The van der Waals surface area contributed by atoms with Crippen LogP contribution < -0.4 is 11.1 Å². The van der Waals surface area contributed by atoms with Gasteiger partial charge in [-0.25, -0.2) is 4.39 Å². The van der Waals surface area contributed by atoms with Crippen LogP contribution in [0.1, 0.15) is 10.4 Å². The summed E-state index contributed by atoms with van der Waals surface area (Å²) in [6.45, 7) is 0. The van der Waals surface area contributed by atoms with E-state index in [0.717, 1.165) is 10.7 Å². The molecule has 2 aromatic rings. The maximum Gasteiger partial charge on any atom is 0.258 e. The number of pyridine rings is 1. The molecule has 2 rings (SSSR count). The van der Waals surface area contributed by atoms with Crippen LogP contribution >= 0.6 is 31.9 Å². The monoisotopic (exact) mass is 387 g/mol. The van der Waals surface area contributed by atoms with E-state index >= 15 is 0 Å². The molecule has 98 valence electrons. The summed E-state index contributed by atoms with van der Waals surface area (Å²) in [7, 11) is 0. The molecule has 0 atom stereocenters. The molecule has 1 heterocycles. The van der Waals surface area contributed by atoms with Gasteiger partial charge in [0.05, 0.1) is 23.1 Å². The van der Waals surface area contributed by atoms with E-state index in [1.807, 2.05) is 0 Å². The van der Waals surface area contributed by atoms with Gasteiger partial charge in [0.25, 0.3) is 5.91 Å². The highest BCUT2D eigenvalue weighted by Gasteiger charge is 2.15. The highest BCUT2D eigenvalue weighted by Crippen LogP contribution is 2.32. The molecule has 0 saturated heterocycles. The average molecular weight is 389 g/mol. The van der Waals surface area contributed by atoms with Crippen molar-refractivity contribution >= 4 is 49.1 Å². The third-order valence-electron chi connectivity index (χ3n) is 2.34. The molecule has 4 nitrogen and oxygen atoms in total. The van der Waals surface area contributed by atoms with Gasteiger partial charge in [-0.3, -0.25) is 9.78 Å². The first-order chi connectivity index (χ1) is 8.99. The van der Waals surface area contributed by atoms with E-state index in [4.69, 9.17) is 5.73 Å². The number of carbonyl (C=O) groups excluding carboxylic acids is 1. The molecule has 0 fully saturated rings. The highest BCUT2D eigenvalue weighted by molar-refractivity contribution is 9.11. The number of nitrogens with two attached hydrogens (primary N) is 1. The number of nitrogen functional groups attached to an aromatic ring is 1. The average Bonchev–Trinajstić information content (AvgIpc) is 2.34. The lowest BCUT2D eigenvalue weighted by molar-refractivity contribution is 0.102. The van der Waals surface area contributed by atoms with Crippen LogP contribution in [0.15, 0.2) is 39.5 Å². The quantitative estimate of drug-likeness (QED) is 0.772. The third-order valence-corrected chi connectivity index (χ3v) is 3.42. The minimum absolute atomic E-state index is 0.0933. The molecule has 0 unspecified atom stereocenters. The molecule has 1 amide bonds. The van der Waals surface area contributed by atoms with Crippen molar-refractivity contribution in [3.8, 4) is 0 Å². The second-order valence-corrected chi connectivity index (χ2v) is 5.43. The Morgan fingerprint density at radius 2 is 2.11 bits per heavy atom. The van der Waals surface area contributed by atoms with Crippen LogP contribution in [0.25, 0.3) is 0 Å². The van der Waals surface area contributed by atoms with Gasteiger partial charge < -0.3 is 11.1 Å². The Morgan fingerprint density at radius 1 is 1.37 bits per heavy atom. The number of amides is 1. The molecular formula is C12H8Br2FN3O. The zero-order valence-electron chi connectivity index (χ0n) is 9.45. The molecule has 0 spiro atoms. The van der Waals surface area contributed by atoms with Crippen molar-refractivity contribution in [3.05, 3.63) is 50.9 Å². The zero-order valence-corrected chi connectivity index (χ0v) is 12.6. The van der Waals surface area contributed by atoms with Crippen LogP contribution in [0.2, 0.25) is 0 Å². The molecule has 19 heavy (non-hydrogen) atoms. The topological polar surface area (TPSA) is 68.0 Å². The van der Waals surface area contributed by atoms with Crippen LogP contribution in [0.3, 0.4) is 0 Å². The summed E-state index contributed by atoms with van der Waals surface area (Å²) in [5.41, 5.74) is 6.47. The Hall–Kier alpha value is -1.47. The molecule has 1 aromatic carbocycles. The van der Waals surface area contributed by atoms with E-state index in [9.17, 15) is 9.18 Å². The number of hydrogen-bond acceptors (Lipinski definition) is 3. The van der Waals surface area contributed by atoms with E-state index in [0.29, 0.717) is 15.8 Å². The second-order valence-electron chi connectivity index (χ2n) is 3.66. The predicted octanol–water partition coefficient (Wildman–Crippen LogP) is 3.58. The standard InChI is InChI=1S/C12H8Br2FN3O/c13-6-3-8(14)11(10(16)4-6)18-12(19)7-1-2-17-5-9(7)15/h1-5H,16H2,(H,18,19). The van der Waals surface area contributed by atoms with Crippen LogP contribution in [-0.2, 0) is 0 Å². The molecule has 0 aliphatic carbocycles. The normalized spacial score (nSPS) is 10.3. The van der Waals surface area contributed by atoms with Crippen molar-refractivity contribution in [2.45, 2.75) is 0 Å². The number of nitrogens with one attached hydrogen (secondary N) is 1. The lowest BCUT2D eigenvalue weighted by atomic mass is 10.2. The van der Waals surface area contributed by atoms with Gasteiger partial charge in [-0.2, -0.15) is 0 Å². The summed E-state index contributed by atoms with van der Waals surface area (Å²) in [4.78, 5) is 15.5. The van der Waals surface area contributed by atoms with Crippen molar-refractivity contribution in [1.29, 1.82) is 0 Å². The highest BCUT2D eigenvalue weighted by atomic mass is 79.9. The van der Waals surface area contributed by atoms with Crippen molar-refractivity contribution in [3.63, 3.8) is 0 Å². The summed E-state index contributed by atoms with van der Waals surface area (Å²) >= 11 is 6.57. The number of halogens is 3. The van der Waals surface area contributed by atoms with Gasteiger partial charge in [0.2, 0.25) is 0 Å². The van der Waals surface area contributed by atoms with Crippen LogP contribution in [0.5, 0.6) is 0 Å². The number of carbonyl (C=O) groups is 1. The number of nitrogens with zero attached hydrogens (tertiary/aromatic N) is 1. The lowest BCUT2D eigenvalue weighted by Crippen LogP contribution is -2.15. The van der Waals surface area contributed by atoms with Crippen molar-refractivity contribution in [2.24, 2.45) is 0 Å². The summed E-state index contributed by atoms with van der Waals surface area (Å²) in [5, 5.41) is 2.56. The summed E-state index contributed by atoms with van der Waals surface area (Å²) in [5.74, 6) is -1.28. The second kappa shape index (κ2) is 5.66. The molecule has 7 heteroatoms. The molecule has 0 aliphatic rings. The Bertz CT molecular complexity index is 626. The van der Waals surface area contributed by atoms with Gasteiger partial charge >= 0.3 is 0 Å². The minimum atomic E-state index is -0.688. The first-order valence-electron chi connectivity index (χ1n) is 5.14. The summed E-state index contributed by atoms with van der Waals surface area (Å²) < 4.78 is 14.8. The van der Waals surface area contributed by atoms with Gasteiger partial charge in [-0.05, 0) is 34.1 Å². The fourth-order valence-electron chi connectivity index (χ4n) is 1.47. The fourth-order valence-corrected chi connectivity index (χ4v) is 2.82. The van der Waals surface area contributed by atoms with Crippen molar-refractivity contribution in [2.75, 3.05) is 11.1 Å². The first-order valence-corrected chi connectivity index (χ1v) is 6.73. The van der Waals surface area contributed by atoms with Crippen LogP contribution in [0.4, 0.5) is 15.8 Å². The Labute approximate surface area is 125 Å². The largest absolute Gasteiger partial charge is 0.397 e. The number of hydrogen-bond donors (Lipinski definition) is 2. The molecule has 0 radical (unpaired) electrons. The molecule has 0 aliphatic heterocycles. The van der Waals surface area contributed by atoms with Gasteiger partial charge in [-0.1, -0.05) is 15.9 Å². The Balaban J connectivity index is 2.32. The van der Waals surface area contributed by atoms with Gasteiger partial charge in [0, 0.05) is 15.1 Å². The predicted molar refractivity (Wildman–Crippen MR) is 78.4 cm³/mol. The fraction of sp³-hybridized carbons (Fsp3) is 0. The molecule has 0 saturated carbocycles.